The maximum Gasteiger partial charge on any atom is 0.125 e. The van der Waals surface area contributed by atoms with E-state index in [0.29, 0.717) is 12.2 Å². The van der Waals surface area contributed by atoms with Gasteiger partial charge in [-0.1, -0.05) is 11.6 Å². The van der Waals surface area contributed by atoms with E-state index < -0.39 is 0 Å². The van der Waals surface area contributed by atoms with Crippen LogP contribution in [0.15, 0.2) is 30.3 Å². The molecule has 84 valence electrons. The monoisotopic (exact) mass is 256 g/mol. The number of hydrogen-bond donors (Lipinski definition) is 2. The van der Waals surface area contributed by atoms with Gasteiger partial charge in [0.2, 0.25) is 0 Å². The standard InChI is InChI=1S/C11H10ClFN2S/c12-11-4-2-8(16-11)6-15-10-3-1-7(13)5-9(10)14/h1-5,15H,6,14H2. The lowest BCUT2D eigenvalue weighted by molar-refractivity contribution is 0.628. The maximum atomic E-state index is 12.8. The number of rotatable bonds is 3. The summed E-state index contributed by atoms with van der Waals surface area (Å²) in [6, 6.07) is 8.08. The SMILES string of the molecule is Nc1cc(F)ccc1NCc1ccc(Cl)s1. The Hall–Kier alpha value is -1.26. The third kappa shape index (κ3) is 2.65. The van der Waals surface area contributed by atoms with Crippen LogP contribution >= 0.6 is 22.9 Å². The highest BCUT2D eigenvalue weighted by Gasteiger charge is 2.02. The zero-order valence-corrected chi connectivity index (χ0v) is 9.91. The molecule has 0 unspecified atom stereocenters. The molecule has 2 nitrogen and oxygen atoms in total. The van der Waals surface area contributed by atoms with Crippen LogP contribution < -0.4 is 11.1 Å². The molecule has 0 saturated carbocycles. The van der Waals surface area contributed by atoms with Gasteiger partial charge in [0.1, 0.15) is 5.82 Å². The van der Waals surface area contributed by atoms with Gasteiger partial charge in [-0.05, 0) is 30.3 Å². The molecule has 0 atom stereocenters. The number of hydrogen-bond acceptors (Lipinski definition) is 3. The minimum Gasteiger partial charge on any atom is -0.397 e. The summed E-state index contributed by atoms with van der Waals surface area (Å²) in [5.41, 5.74) is 6.80. The first kappa shape index (κ1) is 11.2. The average molecular weight is 257 g/mol. The minimum atomic E-state index is -0.331. The molecule has 0 spiro atoms. The second kappa shape index (κ2) is 4.72. The first-order valence-electron chi connectivity index (χ1n) is 4.68. The van der Waals surface area contributed by atoms with Crippen molar-refractivity contribution in [2.75, 3.05) is 11.1 Å². The largest absolute Gasteiger partial charge is 0.397 e. The summed E-state index contributed by atoms with van der Waals surface area (Å²) in [5, 5.41) is 3.13. The predicted molar refractivity (Wildman–Crippen MR) is 67.5 cm³/mol. The van der Waals surface area contributed by atoms with E-state index in [1.165, 1.54) is 23.5 Å². The van der Waals surface area contributed by atoms with E-state index in [2.05, 4.69) is 5.32 Å². The molecule has 0 amide bonds. The van der Waals surface area contributed by atoms with Gasteiger partial charge in [0.15, 0.2) is 0 Å². The molecule has 2 aromatic rings. The average Bonchev–Trinajstić information content (AvgIpc) is 2.63. The number of thiophene rings is 1. The molecule has 1 aromatic heterocycles. The summed E-state index contributed by atoms with van der Waals surface area (Å²) in [6.07, 6.45) is 0. The molecule has 0 radical (unpaired) electrons. The Morgan fingerprint density at radius 3 is 2.75 bits per heavy atom. The van der Waals surface area contributed by atoms with Crippen LogP contribution in [0.5, 0.6) is 0 Å². The highest BCUT2D eigenvalue weighted by Crippen LogP contribution is 2.24. The topological polar surface area (TPSA) is 38.0 Å². The van der Waals surface area contributed by atoms with Crippen LogP contribution in [0.3, 0.4) is 0 Å². The third-order valence-electron chi connectivity index (χ3n) is 2.10. The van der Waals surface area contributed by atoms with Gasteiger partial charge in [-0.25, -0.2) is 4.39 Å². The molecule has 1 aromatic carbocycles. The van der Waals surface area contributed by atoms with Crippen LogP contribution in [-0.2, 0) is 6.54 Å². The number of anilines is 2. The Labute approximate surface area is 102 Å². The van der Waals surface area contributed by atoms with Crippen LogP contribution in [-0.4, -0.2) is 0 Å². The Balaban J connectivity index is 2.04. The van der Waals surface area contributed by atoms with Crippen molar-refractivity contribution < 1.29 is 4.39 Å². The molecule has 16 heavy (non-hydrogen) atoms. The van der Waals surface area contributed by atoms with Crippen molar-refractivity contribution in [3.8, 4) is 0 Å². The molecule has 0 fully saturated rings. The van der Waals surface area contributed by atoms with Gasteiger partial charge in [-0.3, -0.25) is 0 Å². The lowest BCUT2D eigenvalue weighted by atomic mass is 10.2. The smallest absolute Gasteiger partial charge is 0.125 e. The van der Waals surface area contributed by atoms with Crippen molar-refractivity contribution in [3.63, 3.8) is 0 Å². The van der Waals surface area contributed by atoms with Crippen molar-refractivity contribution in [2.45, 2.75) is 6.54 Å². The van der Waals surface area contributed by atoms with E-state index >= 15 is 0 Å². The van der Waals surface area contributed by atoms with Crippen LogP contribution in [0.2, 0.25) is 4.34 Å². The lowest BCUT2D eigenvalue weighted by Crippen LogP contribution is -2.01. The maximum absolute atomic E-state index is 12.8. The lowest BCUT2D eigenvalue weighted by Gasteiger charge is -2.07. The normalized spacial score (nSPS) is 10.4. The van der Waals surface area contributed by atoms with Crippen molar-refractivity contribution in [3.05, 3.63) is 45.4 Å². The molecular weight excluding hydrogens is 247 g/mol. The van der Waals surface area contributed by atoms with Crippen molar-refractivity contribution in [2.24, 2.45) is 0 Å². The molecule has 0 aliphatic heterocycles. The number of nitrogen functional groups attached to an aromatic ring is 1. The molecule has 3 N–H and O–H groups in total. The minimum absolute atomic E-state index is 0.331. The summed E-state index contributed by atoms with van der Waals surface area (Å²) in [4.78, 5) is 1.11. The fraction of sp³-hybridized carbons (Fsp3) is 0.0909. The van der Waals surface area contributed by atoms with E-state index in [1.807, 2.05) is 12.1 Å². The molecule has 0 bridgehead atoms. The van der Waals surface area contributed by atoms with E-state index in [0.717, 1.165) is 14.9 Å². The van der Waals surface area contributed by atoms with Crippen LogP contribution in [0.25, 0.3) is 0 Å². The van der Waals surface area contributed by atoms with Crippen LogP contribution in [0.1, 0.15) is 4.88 Å². The Kier molecular flexibility index (Phi) is 3.31. The second-order valence-electron chi connectivity index (χ2n) is 3.29. The summed E-state index contributed by atoms with van der Waals surface area (Å²) < 4.78 is 13.5. The molecule has 0 saturated heterocycles. The number of halogens is 2. The van der Waals surface area contributed by atoms with Gasteiger partial charge in [0, 0.05) is 11.4 Å². The van der Waals surface area contributed by atoms with E-state index in [1.54, 1.807) is 6.07 Å². The van der Waals surface area contributed by atoms with Gasteiger partial charge >= 0.3 is 0 Å². The van der Waals surface area contributed by atoms with Crippen molar-refractivity contribution >= 4 is 34.3 Å². The van der Waals surface area contributed by atoms with Gasteiger partial charge in [-0.2, -0.15) is 0 Å². The van der Waals surface area contributed by atoms with Crippen LogP contribution in [0.4, 0.5) is 15.8 Å². The Morgan fingerprint density at radius 2 is 2.12 bits per heavy atom. The molecule has 0 aliphatic rings. The number of nitrogens with one attached hydrogen (secondary N) is 1. The highest BCUT2D eigenvalue weighted by molar-refractivity contribution is 7.16. The second-order valence-corrected chi connectivity index (χ2v) is 5.09. The number of benzene rings is 1. The summed E-state index contributed by atoms with van der Waals surface area (Å²) in [6.45, 7) is 0.632. The Morgan fingerprint density at radius 1 is 1.31 bits per heavy atom. The first-order chi connectivity index (χ1) is 7.65. The van der Waals surface area contributed by atoms with E-state index in [-0.39, 0.29) is 5.82 Å². The number of nitrogens with two attached hydrogens (primary N) is 1. The van der Waals surface area contributed by atoms with E-state index in [4.69, 9.17) is 17.3 Å². The van der Waals surface area contributed by atoms with Gasteiger partial charge < -0.3 is 11.1 Å². The van der Waals surface area contributed by atoms with E-state index in [9.17, 15) is 4.39 Å². The van der Waals surface area contributed by atoms with Gasteiger partial charge in [0.25, 0.3) is 0 Å². The van der Waals surface area contributed by atoms with Crippen molar-refractivity contribution in [1.82, 2.24) is 0 Å². The summed E-state index contributed by atoms with van der Waals surface area (Å²) in [5.74, 6) is -0.331. The zero-order valence-electron chi connectivity index (χ0n) is 8.34. The fourth-order valence-corrected chi connectivity index (χ4v) is 2.35. The first-order valence-corrected chi connectivity index (χ1v) is 5.88. The highest BCUT2D eigenvalue weighted by atomic mass is 35.5. The third-order valence-corrected chi connectivity index (χ3v) is 3.33. The summed E-state index contributed by atoms with van der Waals surface area (Å²) in [7, 11) is 0. The molecule has 5 heteroatoms. The quantitative estimate of drug-likeness (QED) is 0.821. The molecule has 1 heterocycles. The zero-order chi connectivity index (χ0) is 11.5. The molecular formula is C11H10ClFN2S. The van der Waals surface area contributed by atoms with Crippen molar-refractivity contribution in [1.29, 1.82) is 0 Å². The Bertz CT molecular complexity index is 498. The predicted octanol–water partition coefficient (Wildman–Crippen LogP) is 3.73. The molecule has 2 rings (SSSR count). The van der Waals surface area contributed by atoms with Gasteiger partial charge in [-0.15, -0.1) is 11.3 Å². The van der Waals surface area contributed by atoms with Gasteiger partial charge in [0.05, 0.1) is 15.7 Å². The summed E-state index contributed by atoms with van der Waals surface area (Å²) >= 11 is 7.31. The molecule has 0 aliphatic carbocycles. The van der Waals surface area contributed by atoms with Crippen LogP contribution in [0, 0.1) is 5.82 Å². The fourth-order valence-electron chi connectivity index (χ4n) is 1.32.